The summed E-state index contributed by atoms with van der Waals surface area (Å²) in [5, 5.41) is 5.35. The summed E-state index contributed by atoms with van der Waals surface area (Å²) in [4.78, 5) is 0. The third-order valence-electron chi connectivity index (χ3n) is 1.95. The number of benzene rings is 1. The summed E-state index contributed by atoms with van der Waals surface area (Å²) in [7, 11) is 1.93. The molecule has 4 heteroatoms. The molecule has 0 fully saturated rings. The molecule has 0 aliphatic heterocycles. The minimum absolute atomic E-state index is 0.999. The van der Waals surface area contributed by atoms with Gasteiger partial charge >= 0.3 is 5.16 Å². The van der Waals surface area contributed by atoms with Crippen LogP contribution in [0.25, 0.3) is 5.69 Å². The second-order valence-electron chi connectivity index (χ2n) is 2.98. The van der Waals surface area contributed by atoms with Crippen molar-refractivity contribution in [3.05, 3.63) is 36.7 Å². The Balaban J connectivity index is 2.51. The number of hydrogen-bond donors (Lipinski definition) is 0. The Morgan fingerprint density at radius 2 is 2.00 bits per heavy atom. The fourth-order valence-electron chi connectivity index (χ4n) is 1.33. The highest BCUT2D eigenvalue weighted by Gasteiger charge is 2.14. The van der Waals surface area contributed by atoms with Crippen LogP contribution in [0.15, 0.2) is 41.8 Å². The zero-order chi connectivity index (χ0) is 9.97. The number of hydrogen-bond acceptors (Lipinski definition) is 2. The normalized spacial score (nSPS) is 10.4. The zero-order valence-electron chi connectivity index (χ0n) is 8.21. The highest BCUT2D eigenvalue weighted by atomic mass is 32.2. The van der Waals surface area contributed by atoms with Crippen LogP contribution in [0.5, 0.6) is 0 Å². The van der Waals surface area contributed by atoms with E-state index in [1.54, 1.807) is 11.8 Å². The lowest BCUT2D eigenvalue weighted by atomic mass is 10.3. The summed E-state index contributed by atoms with van der Waals surface area (Å²) in [5.41, 5.74) is 1.14. The van der Waals surface area contributed by atoms with Gasteiger partial charge in [-0.3, -0.25) is 0 Å². The second kappa shape index (κ2) is 3.84. The summed E-state index contributed by atoms with van der Waals surface area (Å²) >= 11 is 1.64. The molecule has 72 valence electrons. The van der Waals surface area contributed by atoms with E-state index in [-0.39, 0.29) is 0 Å². The van der Waals surface area contributed by atoms with Crippen molar-refractivity contribution in [2.75, 3.05) is 6.26 Å². The molecule has 0 saturated heterocycles. The molecule has 0 N–H and O–H groups in total. The van der Waals surface area contributed by atoms with Gasteiger partial charge in [-0.25, -0.2) is 0 Å². The number of aryl methyl sites for hydroxylation is 1. The van der Waals surface area contributed by atoms with Crippen LogP contribution in [0, 0.1) is 0 Å². The SMILES string of the molecule is CSc1nn(C)c[n+]1-c1ccccc1. The van der Waals surface area contributed by atoms with Crippen molar-refractivity contribution in [1.29, 1.82) is 0 Å². The van der Waals surface area contributed by atoms with Crippen LogP contribution in [-0.2, 0) is 7.05 Å². The lowest BCUT2D eigenvalue weighted by Crippen LogP contribution is -2.30. The van der Waals surface area contributed by atoms with Gasteiger partial charge in [0.15, 0.2) is 0 Å². The van der Waals surface area contributed by atoms with Gasteiger partial charge in [-0.2, -0.15) is 4.57 Å². The second-order valence-corrected chi connectivity index (χ2v) is 3.75. The Hall–Kier alpha value is -1.29. The number of thioether (sulfide) groups is 1. The van der Waals surface area contributed by atoms with E-state index in [1.165, 1.54) is 0 Å². The minimum Gasteiger partial charge on any atom is -0.191 e. The van der Waals surface area contributed by atoms with Crippen LogP contribution in [0.3, 0.4) is 0 Å². The van der Waals surface area contributed by atoms with Crippen molar-refractivity contribution in [2.24, 2.45) is 7.05 Å². The van der Waals surface area contributed by atoms with Crippen molar-refractivity contribution < 1.29 is 4.57 Å². The van der Waals surface area contributed by atoms with E-state index in [4.69, 9.17) is 0 Å². The molecule has 0 saturated carbocycles. The highest BCUT2D eigenvalue weighted by molar-refractivity contribution is 7.98. The first kappa shape index (κ1) is 9.27. The molecule has 0 aliphatic carbocycles. The topological polar surface area (TPSA) is 21.7 Å². The van der Waals surface area contributed by atoms with E-state index in [2.05, 4.69) is 21.8 Å². The van der Waals surface area contributed by atoms with Gasteiger partial charge in [-0.1, -0.05) is 30.0 Å². The van der Waals surface area contributed by atoms with Crippen molar-refractivity contribution in [2.45, 2.75) is 5.16 Å². The molecule has 2 rings (SSSR count). The first-order valence-electron chi connectivity index (χ1n) is 4.36. The van der Waals surface area contributed by atoms with Crippen molar-refractivity contribution in [1.82, 2.24) is 9.78 Å². The molecule has 0 unspecified atom stereocenters. The van der Waals surface area contributed by atoms with Crippen LogP contribution in [0.1, 0.15) is 0 Å². The van der Waals surface area contributed by atoms with E-state index in [1.807, 2.05) is 42.5 Å². The standard InChI is InChI=1S/C10H12N3S/c1-12-8-13(10(11-12)14-2)9-6-4-3-5-7-9/h3-8H,1-2H3/q+1. The van der Waals surface area contributed by atoms with Crippen molar-refractivity contribution in [3.63, 3.8) is 0 Å². The maximum atomic E-state index is 4.35. The van der Waals surface area contributed by atoms with Crippen LogP contribution in [0.4, 0.5) is 0 Å². The highest BCUT2D eigenvalue weighted by Crippen LogP contribution is 2.08. The minimum atomic E-state index is 0.999. The average molecular weight is 206 g/mol. The van der Waals surface area contributed by atoms with Crippen LogP contribution in [-0.4, -0.2) is 16.0 Å². The smallest absolute Gasteiger partial charge is 0.191 e. The molecule has 0 spiro atoms. The van der Waals surface area contributed by atoms with Gasteiger partial charge in [0.1, 0.15) is 5.69 Å². The van der Waals surface area contributed by atoms with Crippen LogP contribution >= 0.6 is 11.8 Å². The van der Waals surface area contributed by atoms with E-state index >= 15 is 0 Å². The van der Waals surface area contributed by atoms with Gasteiger partial charge in [0.2, 0.25) is 6.33 Å². The summed E-state index contributed by atoms with van der Waals surface area (Å²) in [6.45, 7) is 0. The number of para-hydroxylation sites is 1. The Labute approximate surface area is 87.4 Å². The maximum Gasteiger partial charge on any atom is 0.341 e. The lowest BCUT2D eigenvalue weighted by Gasteiger charge is -1.96. The Kier molecular flexibility index (Phi) is 2.54. The number of rotatable bonds is 2. The van der Waals surface area contributed by atoms with Crippen LogP contribution in [0.2, 0.25) is 0 Å². The monoisotopic (exact) mass is 206 g/mol. The van der Waals surface area contributed by atoms with Crippen molar-refractivity contribution in [3.8, 4) is 5.69 Å². The summed E-state index contributed by atoms with van der Waals surface area (Å²) in [5.74, 6) is 0. The number of aromatic nitrogens is 3. The van der Waals surface area contributed by atoms with Gasteiger partial charge in [0.05, 0.1) is 12.1 Å². The molecule has 1 heterocycles. The molecular formula is C10H12N3S+. The predicted molar refractivity (Wildman–Crippen MR) is 56.5 cm³/mol. The molecule has 0 aliphatic rings. The van der Waals surface area contributed by atoms with E-state index in [0.717, 1.165) is 10.8 Å². The quantitative estimate of drug-likeness (QED) is 0.547. The summed E-state index contributed by atoms with van der Waals surface area (Å²) in [6.07, 6.45) is 4.00. The van der Waals surface area contributed by atoms with Gasteiger partial charge < -0.3 is 0 Å². The van der Waals surface area contributed by atoms with Gasteiger partial charge in [0, 0.05) is 0 Å². The predicted octanol–water partition coefficient (Wildman–Crippen LogP) is 1.42. The van der Waals surface area contributed by atoms with Crippen LogP contribution < -0.4 is 4.57 Å². The van der Waals surface area contributed by atoms with E-state index in [0.29, 0.717) is 0 Å². The molecule has 3 nitrogen and oxygen atoms in total. The molecule has 0 atom stereocenters. The third-order valence-corrected chi connectivity index (χ3v) is 2.59. The van der Waals surface area contributed by atoms with E-state index in [9.17, 15) is 0 Å². The molecule has 14 heavy (non-hydrogen) atoms. The number of nitrogens with zero attached hydrogens (tertiary/aromatic N) is 3. The first-order chi connectivity index (χ1) is 6.81. The Morgan fingerprint density at radius 1 is 1.29 bits per heavy atom. The average Bonchev–Trinajstić information content (AvgIpc) is 2.61. The summed E-state index contributed by atoms with van der Waals surface area (Å²) < 4.78 is 3.89. The lowest BCUT2D eigenvalue weighted by molar-refractivity contribution is -0.636. The van der Waals surface area contributed by atoms with Gasteiger partial charge in [-0.15, -0.1) is 4.68 Å². The molecule has 1 aromatic heterocycles. The largest absolute Gasteiger partial charge is 0.341 e. The fourth-order valence-corrected chi connectivity index (χ4v) is 1.89. The Bertz CT molecular complexity index is 422. The van der Waals surface area contributed by atoms with Crippen molar-refractivity contribution >= 4 is 11.8 Å². The molecular weight excluding hydrogens is 194 g/mol. The molecule has 0 radical (unpaired) electrons. The molecule has 0 amide bonds. The first-order valence-corrected chi connectivity index (χ1v) is 5.58. The fraction of sp³-hybridized carbons (Fsp3) is 0.200. The van der Waals surface area contributed by atoms with E-state index < -0.39 is 0 Å². The maximum absolute atomic E-state index is 4.35. The van der Waals surface area contributed by atoms with Gasteiger partial charge in [0.25, 0.3) is 0 Å². The summed E-state index contributed by atoms with van der Waals surface area (Å²) in [6, 6.07) is 10.2. The Morgan fingerprint density at radius 3 is 2.64 bits per heavy atom. The zero-order valence-corrected chi connectivity index (χ0v) is 9.03. The third kappa shape index (κ3) is 1.65. The van der Waals surface area contributed by atoms with Gasteiger partial charge in [-0.05, 0) is 18.4 Å². The molecule has 2 aromatic rings. The molecule has 0 bridgehead atoms. The molecule has 1 aromatic carbocycles.